The van der Waals surface area contributed by atoms with Crippen LogP contribution in [-0.4, -0.2) is 16.9 Å². The summed E-state index contributed by atoms with van der Waals surface area (Å²) in [5, 5.41) is 9.22. The van der Waals surface area contributed by atoms with Crippen molar-refractivity contribution in [2.75, 3.05) is 0 Å². The predicted molar refractivity (Wildman–Crippen MR) is 82.3 cm³/mol. The topological polar surface area (TPSA) is 23.8 Å². The van der Waals surface area contributed by atoms with Gasteiger partial charge in [0.25, 0.3) is 0 Å². The first kappa shape index (κ1) is 13.7. The van der Waals surface area contributed by atoms with Crippen molar-refractivity contribution in [2.24, 2.45) is 0 Å². The normalized spacial score (nSPS) is 10.1. The Balaban J connectivity index is 2.40. The number of nitriles is 1. The number of hydrogen-bond acceptors (Lipinski definition) is 2. The predicted octanol–water partition coefficient (Wildman–Crippen LogP) is 3.04. The molecular weight excluding hydrogens is 369 g/mol. The van der Waals surface area contributed by atoms with E-state index in [4.69, 9.17) is 0 Å². The summed E-state index contributed by atoms with van der Waals surface area (Å²) in [5.41, 5.74) is 2.00. The van der Waals surface area contributed by atoms with Crippen molar-refractivity contribution in [3.8, 4) is 6.07 Å². The molecule has 18 heavy (non-hydrogen) atoms. The quantitative estimate of drug-likeness (QED) is 0.748. The van der Waals surface area contributed by atoms with Gasteiger partial charge in [-0.3, -0.25) is 0 Å². The van der Waals surface area contributed by atoms with Crippen LogP contribution in [-0.2, 0) is 0 Å². The molecule has 0 aromatic heterocycles. The second kappa shape index (κ2) is 5.97. The van der Waals surface area contributed by atoms with Gasteiger partial charge in [0.1, 0.15) is 0 Å². The zero-order chi connectivity index (χ0) is 13.1. The molecule has 2 aromatic rings. The first-order valence-corrected chi connectivity index (χ1v) is 8.16. The van der Waals surface area contributed by atoms with E-state index in [1.165, 1.54) is 22.4 Å². The zero-order valence-electron chi connectivity index (χ0n) is 9.77. The molecule has 0 aliphatic carbocycles. The van der Waals surface area contributed by atoms with E-state index in [0.717, 1.165) is 24.2 Å². The van der Waals surface area contributed by atoms with E-state index < -0.39 is 0 Å². The van der Waals surface area contributed by atoms with Crippen molar-refractivity contribution >= 4 is 48.9 Å². The van der Waals surface area contributed by atoms with E-state index in [2.05, 4.69) is 47.1 Å². The molecule has 0 aliphatic rings. The van der Waals surface area contributed by atoms with Crippen LogP contribution in [0, 0.1) is 18.3 Å². The molecule has 2 rings (SSSR count). The summed E-state index contributed by atoms with van der Waals surface area (Å²) in [6.45, 7) is 2.07. The Kier molecular flexibility index (Phi) is 4.56. The average Bonchev–Trinajstić information content (AvgIpc) is 2.27. The van der Waals surface area contributed by atoms with Gasteiger partial charge >= 0.3 is 129 Å². The van der Waals surface area contributed by atoms with E-state index in [-0.39, 0.29) is 0 Å². The fourth-order valence-corrected chi connectivity index (χ4v) is 4.41. The first-order valence-electron chi connectivity index (χ1n) is 5.34. The second-order valence-corrected chi connectivity index (χ2v) is 7.23. The molecule has 0 fully saturated rings. The molecule has 4 heteroatoms. The van der Waals surface area contributed by atoms with Crippen molar-refractivity contribution in [3.05, 3.63) is 52.0 Å². The SMILES string of the molecule is Cc1cc(Br)cc(Sc2cccc([AsH2])c2C#N)c1. The number of rotatable bonds is 2. The monoisotopic (exact) mass is 379 g/mol. The zero-order valence-corrected chi connectivity index (χ0v) is 14.6. The van der Waals surface area contributed by atoms with Gasteiger partial charge in [-0.05, 0) is 0 Å². The van der Waals surface area contributed by atoms with Crippen LogP contribution in [0.4, 0.5) is 0 Å². The molecule has 0 amide bonds. The van der Waals surface area contributed by atoms with Gasteiger partial charge in [-0.25, -0.2) is 0 Å². The minimum absolute atomic E-state index is 0.792. The Morgan fingerprint density at radius 1 is 1.28 bits per heavy atom. The van der Waals surface area contributed by atoms with Crippen LogP contribution in [0.5, 0.6) is 0 Å². The third kappa shape index (κ3) is 3.20. The maximum absolute atomic E-state index is 9.22. The number of aryl methyl sites for hydroxylation is 1. The van der Waals surface area contributed by atoms with Crippen LogP contribution in [0.1, 0.15) is 11.1 Å². The fraction of sp³-hybridized carbons (Fsp3) is 0.0714. The molecule has 1 unspecified atom stereocenters. The van der Waals surface area contributed by atoms with Crippen LogP contribution in [0.15, 0.2) is 50.7 Å². The molecule has 0 N–H and O–H groups in total. The third-order valence-corrected chi connectivity index (χ3v) is 4.91. The standard InChI is InChI=1S/C14H11AsBrNS/c1-9-5-10(16)7-11(6-9)18-14-4-2-3-13(15)12(14)8-17/h2-7H,15H2,1H3. The number of nitrogens with zero attached hydrogens (tertiary/aromatic N) is 1. The molecule has 2 aromatic carbocycles. The van der Waals surface area contributed by atoms with E-state index in [1.807, 2.05) is 18.2 Å². The second-order valence-electron chi connectivity index (χ2n) is 3.90. The van der Waals surface area contributed by atoms with Crippen molar-refractivity contribution in [3.63, 3.8) is 0 Å². The minimum atomic E-state index is 0.792. The van der Waals surface area contributed by atoms with Gasteiger partial charge in [0, 0.05) is 0 Å². The van der Waals surface area contributed by atoms with Crippen LogP contribution >= 0.6 is 27.7 Å². The van der Waals surface area contributed by atoms with Gasteiger partial charge in [0.2, 0.25) is 0 Å². The molecule has 0 radical (unpaired) electrons. The molecule has 0 saturated heterocycles. The van der Waals surface area contributed by atoms with Crippen molar-refractivity contribution in [2.45, 2.75) is 16.7 Å². The maximum atomic E-state index is 9.22. The van der Waals surface area contributed by atoms with E-state index in [0.29, 0.717) is 0 Å². The molecule has 1 nitrogen and oxygen atoms in total. The van der Waals surface area contributed by atoms with E-state index in [9.17, 15) is 5.26 Å². The molecule has 0 spiro atoms. The van der Waals surface area contributed by atoms with Gasteiger partial charge in [0.15, 0.2) is 0 Å². The Morgan fingerprint density at radius 2 is 2.06 bits per heavy atom. The fourth-order valence-electron chi connectivity index (χ4n) is 1.64. The summed E-state index contributed by atoms with van der Waals surface area (Å²) in [4.78, 5) is 2.17. The summed E-state index contributed by atoms with van der Waals surface area (Å²) >= 11 is 6.63. The summed E-state index contributed by atoms with van der Waals surface area (Å²) in [6, 6.07) is 14.6. The third-order valence-electron chi connectivity index (χ3n) is 2.41. The van der Waals surface area contributed by atoms with Gasteiger partial charge in [-0.1, -0.05) is 0 Å². The van der Waals surface area contributed by atoms with Crippen LogP contribution < -0.4 is 4.35 Å². The molecule has 0 saturated carbocycles. The first-order chi connectivity index (χ1) is 8.60. The summed E-state index contributed by atoms with van der Waals surface area (Å²) in [6.07, 6.45) is 0. The van der Waals surface area contributed by atoms with Crippen molar-refractivity contribution in [1.29, 1.82) is 5.26 Å². The number of hydrogen-bond donors (Lipinski definition) is 0. The van der Waals surface area contributed by atoms with E-state index in [1.54, 1.807) is 11.8 Å². The Hall–Kier alpha value is -0.682. The van der Waals surface area contributed by atoms with Crippen molar-refractivity contribution < 1.29 is 0 Å². The molecule has 0 aliphatic heterocycles. The molecule has 0 bridgehead atoms. The average molecular weight is 380 g/mol. The molecule has 1 atom stereocenters. The van der Waals surface area contributed by atoms with Crippen LogP contribution in [0.3, 0.4) is 0 Å². The van der Waals surface area contributed by atoms with Gasteiger partial charge < -0.3 is 0 Å². The number of benzene rings is 2. The molecule has 90 valence electrons. The summed E-state index contributed by atoms with van der Waals surface area (Å²) in [5.74, 6) is 0. The van der Waals surface area contributed by atoms with Crippen molar-refractivity contribution in [1.82, 2.24) is 0 Å². The van der Waals surface area contributed by atoms with Crippen LogP contribution in [0.25, 0.3) is 0 Å². The Morgan fingerprint density at radius 3 is 2.72 bits per heavy atom. The summed E-state index contributed by atoms with van der Waals surface area (Å²) in [7, 11) is 0. The molecule has 0 heterocycles. The van der Waals surface area contributed by atoms with Gasteiger partial charge in [-0.15, -0.1) is 0 Å². The van der Waals surface area contributed by atoms with Gasteiger partial charge in [0.05, 0.1) is 0 Å². The van der Waals surface area contributed by atoms with Gasteiger partial charge in [-0.2, -0.15) is 0 Å². The van der Waals surface area contributed by atoms with Crippen LogP contribution in [0.2, 0.25) is 0 Å². The number of halogens is 1. The Bertz CT molecular complexity index is 614. The summed E-state index contributed by atoms with van der Waals surface area (Å²) < 4.78 is 2.15. The van der Waals surface area contributed by atoms with E-state index >= 15 is 0 Å². The molecular formula is C14H11AsBrNS. The Labute approximate surface area is 128 Å².